The fourth-order valence-corrected chi connectivity index (χ4v) is 2.32. The van der Waals surface area contributed by atoms with Gasteiger partial charge in [-0.05, 0) is 19.4 Å². The van der Waals surface area contributed by atoms with E-state index in [1.54, 1.807) is 13.8 Å². The van der Waals surface area contributed by atoms with Gasteiger partial charge in [0.05, 0.1) is 18.9 Å². The predicted molar refractivity (Wildman–Crippen MR) is 87.9 cm³/mol. The van der Waals surface area contributed by atoms with E-state index >= 15 is 0 Å². The summed E-state index contributed by atoms with van der Waals surface area (Å²) in [7, 11) is 0. The van der Waals surface area contributed by atoms with E-state index in [0.717, 1.165) is 5.56 Å². The lowest BCUT2D eigenvalue weighted by atomic mass is 10.1. The molecule has 0 saturated carbocycles. The van der Waals surface area contributed by atoms with Crippen LogP contribution in [0.1, 0.15) is 32.3 Å². The largest absolute Gasteiger partial charge is 0.481 e. The van der Waals surface area contributed by atoms with Crippen molar-refractivity contribution in [3.05, 3.63) is 35.9 Å². The van der Waals surface area contributed by atoms with E-state index in [2.05, 4.69) is 0 Å². The number of carbonyl (C=O) groups excluding carboxylic acids is 2. The molecule has 24 heavy (non-hydrogen) atoms. The molecule has 0 heterocycles. The number of likely N-dealkylation sites (N-methyl/N-ethyl adjacent to an activating group) is 1. The number of nitrogens with two attached hydrogens (primary N) is 1. The maximum atomic E-state index is 12.3. The Morgan fingerprint density at radius 1 is 1.21 bits per heavy atom. The fraction of sp³-hybridized carbons (Fsp3) is 0.471. The first kappa shape index (κ1) is 19.6. The normalized spacial score (nSPS) is 13.0. The van der Waals surface area contributed by atoms with Gasteiger partial charge in [0, 0.05) is 12.6 Å². The van der Waals surface area contributed by atoms with E-state index < -0.39 is 29.9 Å². The number of carbonyl (C=O) groups is 3. The molecule has 0 aliphatic heterocycles. The quantitative estimate of drug-likeness (QED) is 0.655. The first-order valence-corrected chi connectivity index (χ1v) is 7.82. The van der Waals surface area contributed by atoms with Crippen LogP contribution in [0.3, 0.4) is 0 Å². The molecule has 132 valence electrons. The summed E-state index contributed by atoms with van der Waals surface area (Å²) < 4.78 is 5.10. The Morgan fingerprint density at radius 2 is 1.83 bits per heavy atom. The second kappa shape index (κ2) is 9.67. The van der Waals surface area contributed by atoms with E-state index in [1.165, 1.54) is 4.90 Å². The van der Waals surface area contributed by atoms with Gasteiger partial charge in [0.25, 0.3) is 0 Å². The highest BCUT2D eigenvalue weighted by Crippen LogP contribution is 2.09. The molecule has 0 fully saturated rings. The van der Waals surface area contributed by atoms with E-state index in [9.17, 15) is 14.4 Å². The van der Waals surface area contributed by atoms with Gasteiger partial charge in [0.2, 0.25) is 5.91 Å². The molecule has 3 N–H and O–H groups in total. The number of amides is 1. The lowest BCUT2D eigenvalue weighted by molar-refractivity contribution is -0.149. The highest BCUT2D eigenvalue weighted by molar-refractivity contribution is 5.87. The number of esters is 1. The lowest BCUT2D eigenvalue weighted by Gasteiger charge is -2.29. The Labute approximate surface area is 141 Å². The van der Waals surface area contributed by atoms with Crippen LogP contribution in [-0.4, -0.2) is 46.5 Å². The van der Waals surface area contributed by atoms with Crippen LogP contribution in [0.2, 0.25) is 0 Å². The Kier molecular flexibility index (Phi) is 7.91. The summed E-state index contributed by atoms with van der Waals surface area (Å²) in [5.74, 6) is -2.02. The van der Waals surface area contributed by atoms with Crippen molar-refractivity contribution < 1.29 is 24.2 Å². The zero-order valence-corrected chi connectivity index (χ0v) is 14.0. The summed E-state index contributed by atoms with van der Waals surface area (Å²) in [6, 6.07) is 7.63. The SMILES string of the molecule is CCN(C(=O)[C@@H](N)CC(=O)OCc1ccccc1)C(C)CC(=O)O. The van der Waals surface area contributed by atoms with Crippen LogP contribution in [0, 0.1) is 0 Å². The molecule has 0 spiro atoms. The smallest absolute Gasteiger partial charge is 0.308 e. The second-order valence-corrected chi connectivity index (χ2v) is 5.53. The van der Waals surface area contributed by atoms with Gasteiger partial charge >= 0.3 is 11.9 Å². The zero-order chi connectivity index (χ0) is 18.1. The highest BCUT2D eigenvalue weighted by Gasteiger charge is 2.27. The minimum atomic E-state index is -1.05. The third-order valence-corrected chi connectivity index (χ3v) is 3.57. The highest BCUT2D eigenvalue weighted by atomic mass is 16.5. The molecule has 2 atom stereocenters. The number of hydrogen-bond donors (Lipinski definition) is 2. The van der Waals surface area contributed by atoms with E-state index in [0.29, 0.717) is 6.54 Å². The van der Waals surface area contributed by atoms with Gasteiger partial charge in [0.1, 0.15) is 6.61 Å². The first-order chi connectivity index (χ1) is 11.3. The molecule has 1 unspecified atom stereocenters. The van der Waals surface area contributed by atoms with Crippen LogP contribution < -0.4 is 5.73 Å². The molecular formula is C17H24N2O5. The van der Waals surface area contributed by atoms with Crippen molar-refractivity contribution in [3.8, 4) is 0 Å². The van der Waals surface area contributed by atoms with Gasteiger partial charge in [0.15, 0.2) is 0 Å². The van der Waals surface area contributed by atoms with Gasteiger partial charge < -0.3 is 20.5 Å². The minimum absolute atomic E-state index is 0.119. The van der Waals surface area contributed by atoms with Crippen LogP contribution in [0.15, 0.2) is 30.3 Å². The monoisotopic (exact) mass is 336 g/mol. The van der Waals surface area contributed by atoms with Gasteiger partial charge in [-0.15, -0.1) is 0 Å². The lowest BCUT2D eigenvalue weighted by Crippen LogP contribution is -2.49. The van der Waals surface area contributed by atoms with Crippen molar-refractivity contribution in [1.82, 2.24) is 4.90 Å². The molecule has 7 heteroatoms. The average Bonchev–Trinajstić information content (AvgIpc) is 2.53. The van der Waals surface area contributed by atoms with Crippen molar-refractivity contribution in [2.45, 2.75) is 45.4 Å². The minimum Gasteiger partial charge on any atom is -0.481 e. The van der Waals surface area contributed by atoms with Gasteiger partial charge in [-0.3, -0.25) is 14.4 Å². The molecule has 0 radical (unpaired) electrons. The Hall–Kier alpha value is -2.41. The average molecular weight is 336 g/mol. The topological polar surface area (TPSA) is 110 Å². The third kappa shape index (κ3) is 6.37. The zero-order valence-electron chi connectivity index (χ0n) is 14.0. The summed E-state index contributed by atoms with van der Waals surface area (Å²) in [5, 5.41) is 8.83. The maximum absolute atomic E-state index is 12.3. The molecule has 7 nitrogen and oxygen atoms in total. The second-order valence-electron chi connectivity index (χ2n) is 5.53. The van der Waals surface area contributed by atoms with Crippen LogP contribution in [0.25, 0.3) is 0 Å². The molecule has 0 saturated heterocycles. The van der Waals surface area contributed by atoms with Crippen LogP contribution in [0.4, 0.5) is 0 Å². The molecule has 0 aliphatic carbocycles. The molecular weight excluding hydrogens is 312 g/mol. The number of carboxylic acid groups (broad SMARTS) is 1. The van der Waals surface area contributed by atoms with Crippen LogP contribution in [0.5, 0.6) is 0 Å². The van der Waals surface area contributed by atoms with Crippen LogP contribution >= 0.6 is 0 Å². The molecule has 1 aromatic carbocycles. The Balaban J connectivity index is 2.51. The summed E-state index contributed by atoms with van der Waals surface area (Å²) in [6.07, 6.45) is -0.424. The maximum Gasteiger partial charge on any atom is 0.308 e. The van der Waals surface area contributed by atoms with E-state index in [4.69, 9.17) is 15.6 Å². The summed E-state index contributed by atoms with van der Waals surface area (Å²) >= 11 is 0. The summed E-state index contributed by atoms with van der Waals surface area (Å²) in [6.45, 7) is 3.81. The van der Waals surface area contributed by atoms with Crippen molar-refractivity contribution in [2.24, 2.45) is 5.73 Å². The molecule has 1 aromatic rings. The number of ether oxygens (including phenoxy) is 1. The third-order valence-electron chi connectivity index (χ3n) is 3.57. The van der Waals surface area contributed by atoms with Gasteiger partial charge in [-0.1, -0.05) is 30.3 Å². The molecule has 0 aliphatic rings. The van der Waals surface area contributed by atoms with Crippen molar-refractivity contribution in [2.75, 3.05) is 6.54 Å². The predicted octanol–water partition coefficient (Wildman–Crippen LogP) is 1.16. The number of nitrogens with zero attached hydrogens (tertiary/aromatic N) is 1. The Bertz CT molecular complexity index is 561. The van der Waals surface area contributed by atoms with Gasteiger partial charge in [-0.2, -0.15) is 0 Å². The van der Waals surface area contributed by atoms with E-state index in [1.807, 2.05) is 30.3 Å². The van der Waals surface area contributed by atoms with Crippen molar-refractivity contribution in [3.63, 3.8) is 0 Å². The molecule has 0 bridgehead atoms. The number of carboxylic acids is 1. The molecule has 0 aromatic heterocycles. The van der Waals surface area contributed by atoms with Gasteiger partial charge in [-0.25, -0.2) is 0 Å². The summed E-state index contributed by atoms with van der Waals surface area (Å²) in [4.78, 5) is 36.3. The summed E-state index contributed by atoms with van der Waals surface area (Å²) in [5.41, 5.74) is 6.64. The van der Waals surface area contributed by atoms with Crippen molar-refractivity contribution >= 4 is 17.8 Å². The number of aliphatic carboxylic acids is 1. The van der Waals surface area contributed by atoms with Crippen molar-refractivity contribution in [1.29, 1.82) is 0 Å². The molecule has 1 rings (SSSR count). The first-order valence-electron chi connectivity index (χ1n) is 7.82. The fourth-order valence-electron chi connectivity index (χ4n) is 2.32. The van der Waals surface area contributed by atoms with E-state index in [-0.39, 0.29) is 19.4 Å². The number of benzene rings is 1. The van der Waals surface area contributed by atoms with Crippen LogP contribution in [-0.2, 0) is 25.7 Å². The number of hydrogen-bond acceptors (Lipinski definition) is 5. The molecule has 1 amide bonds. The standard InChI is InChI=1S/C17H24N2O5/c1-3-19(12(2)9-15(20)21)17(23)14(18)10-16(22)24-11-13-7-5-4-6-8-13/h4-8,12,14H,3,9-11,18H2,1-2H3,(H,20,21)/t12?,14-/m0/s1. The Morgan fingerprint density at radius 3 is 2.38 bits per heavy atom. The number of rotatable bonds is 9.